The molecule has 1 aliphatic heterocycles. The second-order valence-corrected chi connectivity index (χ2v) is 12.1. The summed E-state index contributed by atoms with van der Waals surface area (Å²) in [5.41, 5.74) is -0.0926. The number of hydrogen-bond donors (Lipinski definition) is 2. The van der Waals surface area contributed by atoms with Crippen molar-refractivity contribution in [1.29, 1.82) is 0 Å². The van der Waals surface area contributed by atoms with Crippen LogP contribution in [0.1, 0.15) is 57.6 Å². The Morgan fingerprint density at radius 3 is 2.45 bits per heavy atom. The maximum atomic E-state index is 14.3. The summed E-state index contributed by atoms with van der Waals surface area (Å²) in [4.78, 5) is 43.6. The fourth-order valence-corrected chi connectivity index (χ4v) is 5.53. The van der Waals surface area contributed by atoms with Crippen LogP contribution in [0.4, 0.5) is 10.5 Å². The van der Waals surface area contributed by atoms with Crippen molar-refractivity contribution >= 4 is 40.5 Å². The molecule has 9 nitrogen and oxygen atoms in total. The molecule has 0 aliphatic carbocycles. The number of carboxylic acid groups (broad SMARTS) is 1. The summed E-state index contributed by atoms with van der Waals surface area (Å²) in [5, 5.41) is 15.3. The molecule has 2 amide bonds. The lowest BCUT2D eigenvalue weighted by Gasteiger charge is -2.40. The molecule has 1 fully saturated rings. The van der Waals surface area contributed by atoms with E-state index in [1.54, 1.807) is 18.2 Å². The first kappa shape index (κ1) is 32.7. The number of carbonyl (C=O) groups is 3. The van der Waals surface area contributed by atoms with Gasteiger partial charge in [-0.25, -0.2) is 9.59 Å². The molecular weight excluding hydrogens is 534 g/mol. The number of nitrogens with zero attached hydrogens (tertiary/aromatic N) is 2. The number of nitrogens with one attached hydrogen (secondary N) is 1. The molecule has 0 radical (unpaired) electrons. The molecule has 228 valence electrons. The fourth-order valence-electron chi connectivity index (χ4n) is 5.53. The molecule has 3 unspecified atom stereocenters. The van der Waals surface area contributed by atoms with E-state index >= 15 is 0 Å². The predicted molar refractivity (Wildman–Crippen MR) is 167 cm³/mol. The average molecular weight is 580 g/mol. The number of amides is 2. The number of carbonyl (C=O) groups excluding carboxylic acids is 2. The van der Waals surface area contributed by atoms with Gasteiger partial charge in [-0.2, -0.15) is 0 Å². The molecule has 1 saturated heterocycles. The van der Waals surface area contributed by atoms with Crippen LogP contribution in [0, 0.1) is 5.41 Å². The zero-order valence-electron chi connectivity index (χ0n) is 25.7. The van der Waals surface area contributed by atoms with E-state index in [0.29, 0.717) is 12.0 Å². The van der Waals surface area contributed by atoms with Gasteiger partial charge in [-0.05, 0) is 64.8 Å². The molecule has 0 spiro atoms. The first-order valence-corrected chi connectivity index (χ1v) is 14.3. The molecule has 2 N–H and O–H groups in total. The van der Waals surface area contributed by atoms with E-state index in [9.17, 15) is 19.5 Å². The number of aliphatic carboxylic acids is 1. The van der Waals surface area contributed by atoms with Gasteiger partial charge in [0.25, 0.3) is 0 Å². The van der Waals surface area contributed by atoms with Gasteiger partial charge in [-0.1, -0.05) is 51.6 Å². The highest BCUT2D eigenvalue weighted by Gasteiger charge is 2.57. The summed E-state index contributed by atoms with van der Waals surface area (Å²) >= 11 is 0. The lowest BCUT2D eigenvalue weighted by atomic mass is 9.82. The van der Waals surface area contributed by atoms with E-state index in [1.807, 2.05) is 64.0 Å². The van der Waals surface area contributed by atoms with Crippen LogP contribution < -0.4 is 10.2 Å². The van der Waals surface area contributed by atoms with Crippen LogP contribution in [0.25, 0.3) is 16.8 Å². The van der Waals surface area contributed by atoms with Crippen molar-refractivity contribution in [2.75, 3.05) is 39.3 Å². The molecule has 0 aromatic heterocycles. The van der Waals surface area contributed by atoms with Crippen LogP contribution in [0.3, 0.4) is 0 Å². The Hall–Kier alpha value is -3.85. The van der Waals surface area contributed by atoms with Crippen molar-refractivity contribution in [3.8, 4) is 0 Å². The van der Waals surface area contributed by atoms with E-state index in [4.69, 9.17) is 9.47 Å². The zero-order valence-corrected chi connectivity index (χ0v) is 25.7. The van der Waals surface area contributed by atoms with Gasteiger partial charge >= 0.3 is 12.1 Å². The van der Waals surface area contributed by atoms with Crippen molar-refractivity contribution in [2.45, 2.75) is 64.1 Å². The number of alkyl carbamates (subject to hydrolysis) is 1. The van der Waals surface area contributed by atoms with Gasteiger partial charge in [-0.3, -0.25) is 4.79 Å². The number of hydrogen-bond acceptors (Lipinski definition) is 6. The third-order valence-corrected chi connectivity index (χ3v) is 7.90. The summed E-state index contributed by atoms with van der Waals surface area (Å²) in [5.74, 6) is -1.68. The van der Waals surface area contributed by atoms with Crippen LogP contribution in [0.5, 0.6) is 0 Å². The number of methoxy groups -OCH3 is 1. The lowest BCUT2D eigenvalue weighted by molar-refractivity contribution is -0.159. The molecule has 9 heteroatoms. The fraction of sp³-hybridized carbons (Fsp3) is 0.485. The summed E-state index contributed by atoms with van der Waals surface area (Å²) in [7, 11) is 5.41. The van der Waals surface area contributed by atoms with Crippen molar-refractivity contribution < 1.29 is 29.0 Å². The van der Waals surface area contributed by atoms with Gasteiger partial charge in [-0.15, -0.1) is 6.58 Å². The smallest absolute Gasteiger partial charge is 0.407 e. The zero-order chi connectivity index (χ0) is 31.2. The normalized spacial score (nSPS) is 19.3. The van der Waals surface area contributed by atoms with E-state index in [-0.39, 0.29) is 19.6 Å². The molecule has 3 atom stereocenters. The number of rotatable bonds is 12. The highest BCUT2D eigenvalue weighted by atomic mass is 16.5. The summed E-state index contributed by atoms with van der Waals surface area (Å²) in [6.07, 6.45) is 4.72. The first-order chi connectivity index (χ1) is 19.8. The number of likely N-dealkylation sites (tertiary alicyclic amines) is 1. The molecule has 2 aromatic rings. The Balaban J connectivity index is 2.04. The highest BCUT2D eigenvalue weighted by Crippen LogP contribution is 2.43. The Morgan fingerprint density at radius 2 is 1.88 bits per heavy atom. The minimum atomic E-state index is -1.71. The number of ether oxygens (including phenoxy) is 2. The average Bonchev–Trinajstić information content (AvgIpc) is 3.35. The lowest BCUT2D eigenvalue weighted by Crippen LogP contribution is -2.60. The summed E-state index contributed by atoms with van der Waals surface area (Å²) < 4.78 is 11.0. The summed E-state index contributed by atoms with van der Waals surface area (Å²) in [6.45, 7) is 13.4. The minimum absolute atomic E-state index is 0.0575. The number of unbranched alkanes of at least 4 members (excludes halogenated alkanes) is 2. The van der Waals surface area contributed by atoms with Gasteiger partial charge < -0.3 is 29.7 Å². The third-order valence-electron chi connectivity index (χ3n) is 7.90. The van der Waals surface area contributed by atoms with E-state index in [1.165, 1.54) is 12.0 Å². The van der Waals surface area contributed by atoms with Gasteiger partial charge in [0, 0.05) is 39.9 Å². The van der Waals surface area contributed by atoms with Crippen LogP contribution >= 0.6 is 0 Å². The number of benzene rings is 2. The Labute approximate surface area is 249 Å². The topological polar surface area (TPSA) is 108 Å². The molecule has 1 aliphatic rings. The number of fused-ring (bicyclic) bond motifs is 1. The molecule has 0 bridgehead atoms. The largest absolute Gasteiger partial charge is 0.479 e. The molecule has 3 rings (SSSR count). The first-order valence-electron chi connectivity index (χ1n) is 14.3. The second-order valence-electron chi connectivity index (χ2n) is 12.1. The quantitative estimate of drug-likeness (QED) is 0.250. The number of carboxylic acids is 1. The standard InChI is InChI=1S/C33H45N3O6/c1-9-11-12-13-16-42-31(40)34-28(32(3,4)5)29(37)36-21-26(41-8)20-33(36,30(38)39)25-15-14-23-19-27(35(6)7)22(10-2)17-24(23)18-25/h9-10,14-15,17-19,26,28H,1-2,11-13,16,20-21H2,3-8H3,(H,34,40)(H,38,39). The number of anilines is 1. The van der Waals surface area contributed by atoms with Crippen molar-refractivity contribution in [1.82, 2.24) is 10.2 Å². The Kier molecular flexibility index (Phi) is 10.4. The van der Waals surface area contributed by atoms with Crippen LogP contribution in [-0.4, -0.2) is 74.5 Å². The van der Waals surface area contributed by atoms with Crippen LogP contribution in [-0.2, 0) is 24.6 Å². The second kappa shape index (κ2) is 13.4. The predicted octanol–water partition coefficient (Wildman–Crippen LogP) is 5.57. The maximum Gasteiger partial charge on any atom is 0.407 e. The van der Waals surface area contributed by atoms with Gasteiger partial charge in [0.05, 0.1) is 12.7 Å². The van der Waals surface area contributed by atoms with Crippen LogP contribution in [0.15, 0.2) is 49.6 Å². The van der Waals surface area contributed by atoms with Crippen molar-refractivity contribution in [3.63, 3.8) is 0 Å². The molecule has 2 aromatic carbocycles. The third kappa shape index (κ3) is 6.78. The maximum absolute atomic E-state index is 14.3. The van der Waals surface area contributed by atoms with Crippen LogP contribution in [0.2, 0.25) is 0 Å². The summed E-state index contributed by atoms with van der Waals surface area (Å²) in [6, 6.07) is 8.42. The molecule has 1 heterocycles. The monoisotopic (exact) mass is 579 g/mol. The number of allylic oxidation sites excluding steroid dienone is 1. The van der Waals surface area contributed by atoms with E-state index in [2.05, 4.69) is 18.5 Å². The van der Waals surface area contributed by atoms with E-state index in [0.717, 1.165) is 34.9 Å². The highest BCUT2D eigenvalue weighted by molar-refractivity contribution is 5.96. The van der Waals surface area contributed by atoms with Gasteiger partial charge in [0.2, 0.25) is 5.91 Å². The van der Waals surface area contributed by atoms with Crippen molar-refractivity contribution in [3.05, 3.63) is 60.7 Å². The molecular formula is C33H45N3O6. The Bertz CT molecular complexity index is 1330. The van der Waals surface area contributed by atoms with Crippen molar-refractivity contribution in [2.24, 2.45) is 5.41 Å². The Morgan fingerprint density at radius 1 is 1.17 bits per heavy atom. The molecule has 42 heavy (non-hydrogen) atoms. The van der Waals surface area contributed by atoms with E-state index < -0.39 is 41.1 Å². The van der Waals surface area contributed by atoms with Gasteiger partial charge in [0.1, 0.15) is 6.04 Å². The SMILES string of the molecule is C=CCCCCOC(=O)NC(C(=O)N1CC(OC)CC1(C(=O)O)c1ccc2cc(N(C)C)c(C=C)cc2c1)C(C)(C)C. The van der Waals surface area contributed by atoms with Gasteiger partial charge in [0.15, 0.2) is 5.54 Å². The molecule has 0 saturated carbocycles. The minimum Gasteiger partial charge on any atom is -0.479 e.